The molecule has 2 aliphatic carbocycles. The second-order valence-corrected chi connectivity index (χ2v) is 10.7. The zero-order valence-corrected chi connectivity index (χ0v) is 19.2. The van der Waals surface area contributed by atoms with Gasteiger partial charge in [0.25, 0.3) is 0 Å². The molecule has 1 heterocycles. The summed E-state index contributed by atoms with van der Waals surface area (Å²) in [5.74, 6) is 3.56. The molecule has 5 nitrogen and oxygen atoms in total. The molecule has 1 amide bonds. The molecule has 5 heteroatoms. The predicted octanol–water partition coefficient (Wildman–Crippen LogP) is 5.73. The van der Waals surface area contributed by atoms with Crippen LogP contribution in [0.1, 0.15) is 94.0 Å². The lowest BCUT2D eigenvalue weighted by atomic mass is 9.68. The van der Waals surface area contributed by atoms with Crippen LogP contribution in [0.5, 0.6) is 0 Å². The molecule has 2 aliphatic rings. The average Bonchev–Trinajstić information content (AvgIpc) is 3.37. The minimum absolute atomic E-state index is 0.0442. The highest BCUT2D eigenvalue weighted by molar-refractivity contribution is 5.91. The van der Waals surface area contributed by atoms with Crippen molar-refractivity contribution >= 4 is 11.6 Å². The van der Waals surface area contributed by atoms with Crippen LogP contribution in [0.2, 0.25) is 0 Å². The molecule has 2 fully saturated rings. The highest BCUT2D eigenvalue weighted by Crippen LogP contribution is 2.48. The van der Waals surface area contributed by atoms with E-state index in [9.17, 15) is 4.79 Å². The first-order chi connectivity index (χ1) is 14.2. The second-order valence-electron chi connectivity index (χ2n) is 10.7. The standard InChI is InChI=1S/C25H36N4O/c1-16-6-9-21(17(2)12-16)26-23(30)11-10-22-27-28-24(29(22)20-7-8-20)19-13-18(14-19)15-25(3,4)5/h6,9,12,18-20H,7-8,10-11,13-15H2,1-5H3,(H,26,30)/t18-,19-. The van der Waals surface area contributed by atoms with Gasteiger partial charge in [-0.3, -0.25) is 4.79 Å². The Morgan fingerprint density at radius 1 is 1.17 bits per heavy atom. The van der Waals surface area contributed by atoms with E-state index in [4.69, 9.17) is 0 Å². The van der Waals surface area contributed by atoms with Crippen LogP contribution in [0, 0.1) is 25.2 Å². The normalized spacial score (nSPS) is 21.4. The molecule has 162 valence electrons. The van der Waals surface area contributed by atoms with Gasteiger partial charge in [0.2, 0.25) is 5.91 Å². The summed E-state index contributed by atoms with van der Waals surface area (Å²) in [6.07, 6.45) is 7.26. The largest absolute Gasteiger partial charge is 0.326 e. The number of aryl methyl sites for hydroxylation is 3. The van der Waals surface area contributed by atoms with Crippen molar-refractivity contribution in [3.63, 3.8) is 0 Å². The first kappa shape index (κ1) is 21.1. The summed E-state index contributed by atoms with van der Waals surface area (Å²) >= 11 is 0. The van der Waals surface area contributed by atoms with Gasteiger partial charge in [-0.05, 0) is 68.9 Å². The molecule has 1 aromatic carbocycles. The van der Waals surface area contributed by atoms with Gasteiger partial charge in [-0.2, -0.15) is 0 Å². The molecule has 0 bridgehead atoms. The van der Waals surface area contributed by atoms with Gasteiger partial charge in [0.1, 0.15) is 11.6 Å². The number of rotatable bonds is 7. The predicted molar refractivity (Wildman–Crippen MR) is 121 cm³/mol. The molecule has 0 aliphatic heterocycles. The Morgan fingerprint density at radius 2 is 1.90 bits per heavy atom. The first-order valence-electron chi connectivity index (χ1n) is 11.5. The average molecular weight is 409 g/mol. The topological polar surface area (TPSA) is 59.8 Å². The van der Waals surface area contributed by atoms with E-state index in [1.807, 2.05) is 19.1 Å². The van der Waals surface area contributed by atoms with E-state index in [0.29, 0.717) is 30.2 Å². The Kier molecular flexibility index (Phi) is 5.73. The summed E-state index contributed by atoms with van der Waals surface area (Å²) in [6, 6.07) is 6.66. The minimum atomic E-state index is 0.0442. The summed E-state index contributed by atoms with van der Waals surface area (Å²) in [4.78, 5) is 12.5. The maximum Gasteiger partial charge on any atom is 0.224 e. The van der Waals surface area contributed by atoms with Crippen LogP contribution in [0.15, 0.2) is 18.2 Å². The number of hydrogen-bond donors (Lipinski definition) is 1. The third-order valence-electron chi connectivity index (χ3n) is 6.44. The van der Waals surface area contributed by atoms with E-state index in [-0.39, 0.29) is 5.91 Å². The number of nitrogens with one attached hydrogen (secondary N) is 1. The molecular formula is C25H36N4O. The van der Waals surface area contributed by atoms with Crippen LogP contribution in [-0.4, -0.2) is 20.7 Å². The van der Waals surface area contributed by atoms with Gasteiger partial charge in [0.05, 0.1) is 0 Å². The number of hydrogen-bond acceptors (Lipinski definition) is 3. The summed E-state index contributed by atoms with van der Waals surface area (Å²) in [6.45, 7) is 11.1. The molecule has 30 heavy (non-hydrogen) atoms. The number of nitrogens with zero attached hydrogens (tertiary/aromatic N) is 3. The molecule has 0 saturated heterocycles. The number of carbonyl (C=O) groups is 1. The van der Waals surface area contributed by atoms with Gasteiger partial charge in [-0.25, -0.2) is 0 Å². The minimum Gasteiger partial charge on any atom is -0.326 e. The lowest BCUT2D eigenvalue weighted by Crippen LogP contribution is -2.28. The Morgan fingerprint density at radius 3 is 2.53 bits per heavy atom. The van der Waals surface area contributed by atoms with Crippen molar-refractivity contribution in [3.8, 4) is 0 Å². The Balaban J connectivity index is 1.36. The Hall–Kier alpha value is -2.17. The highest BCUT2D eigenvalue weighted by atomic mass is 16.1. The van der Waals surface area contributed by atoms with E-state index in [0.717, 1.165) is 23.0 Å². The smallest absolute Gasteiger partial charge is 0.224 e. The van der Waals surface area contributed by atoms with Crippen LogP contribution in [0.25, 0.3) is 0 Å². The number of benzene rings is 1. The SMILES string of the molecule is Cc1ccc(NC(=O)CCc2nnc([C@H]3C[C@H](CC(C)(C)C)C3)n2C2CC2)c(C)c1. The Labute approximate surface area is 180 Å². The van der Waals surface area contributed by atoms with Crippen LogP contribution in [-0.2, 0) is 11.2 Å². The first-order valence-corrected chi connectivity index (χ1v) is 11.5. The zero-order valence-electron chi connectivity index (χ0n) is 19.2. The van der Waals surface area contributed by atoms with Gasteiger partial charge in [-0.1, -0.05) is 38.5 Å². The van der Waals surface area contributed by atoms with Crippen molar-refractivity contribution in [2.75, 3.05) is 5.32 Å². The molecule has 0 spiro atoms. The van der Waals surface area contributed by atoms with Gasteiger partial charge in [0.15, 0.2) is 0 Å². The summed E-state index contributed by atoms with van der Waals surface area (Å²) in [7, 11) is 0. The molecule has 0 atom stereocenters. The van der Waals surface area contributed by atoms with Crippen LogP contribution in [0.4, 0.5) is 5.69 Å². The Bertz CT molecular complexity index is 914. The van der Waals surface area contributed by atoms with E-state index in [1.165, 1.54) is 43.5 Å². The fourth-order valence-corrected chi connectivity index (χ4v) is 4.89. The molecule has 1 N–H and O–H groups in total. The van der Waals surface area contributed by atoms with Crippen molar-refractivity contribution < 1.29 is 4.79 Å². The molecule has 4 rings (SSSR count). The zero-order chi connectivity index (χ0) is 21.5. The van der Waals surface area contributed by atoms with Gasteiger partial charge < -0.3 is 9.88 Å². The molecule has 0 unspecified atom stereocenters. The fraction of sp³-hybridized carbons (Fsp3) is 0.640. The van der Waals surface area contributed by atoms with Crippen molar-refractivity contribution in [2.24, 2.45) is 11.3 Å². The molecule has 2 aromatic rings. The van der Waals surface area contributed by atoms with Crippen molar-refractivity contribution in [1.82, 2.24) is 14.8 Å². The quantitative estimate of drug-likeness (QED) is 0.636. The highest BCUT2D eigenvalue weighted by Gasteiger charge is 2.39. The van der Waals surface area contributed by atoms with Crippen molar-refractivity contribution in [1.29, 1.82) is 0 Å². The van der Waals surface area contributed by atoms with E-state index in [1.54, 1.807) is 0 Å². The molecule has 1 aromatic heterocycles. The number of amides is 1. The van der Waals surface area contributed by atoms with Gasteiger partial charge >= 0.3 is 0 Å². The lowest BCUT2D eigenvalue weighted by molar-refractivity contribution is -0.116. The number of carbonyl (C=O) groups excluding carboxylic acids is 1. The maximum absolute atomic E-state index is 12.5. The van der Waals surface area contributed by atoms with E-state index < -0.39 is 0 Å². The van der Waals surface area contributed by atoms with Crippen LogP contribution in [0.3, 0.4) is 0 Å². The third kappa shape index (κ3) is 4.93. The maximum atomic E-state index is 12.5. The van der Waals surface area contributed by atoms with Gasteiger partial charge in [0, 0.05) is 30.5 Å². The summed E-state index contributed by atoms with van der Waals surface area (Å²) in [5, 5.41) is 12.2. The number of aromatic nitrogens is 3. The van der Waals surface area contributed by atoms with E-state index >= 15 is 0 Å². The van der Waals surface area contributed by atoms with Crippen LogP contribution >= 0.6 is 0 Å². The fourth-order valence-electron chi connectivity index (χ4n) is 4.89. The lowest BCUT2D eigenvalue weighted by Gasteiger charge is -2.38. The number of anilines is 1. The second kappa shape index (κ2) is 8.16. The van der Waals surface area contributed by atoms with E-state index in [2.05, 4.69) is 53.8 Å². The molecule has 0 radical (unpaired) electrons. The van der Waals surface area contributed by atoms with Crippen molar-refractivity contribution in [2.45, 2.75) is 91.5 Å². The van der Waals surface area contributed by atoms with Gasteiger partial charge in [-0.15, -0.1) is 10.2 Å². The molecule has 2 saturated carbocycles. The monoisotopic (exact) mass is 408 g/mol. The van der Waals surface area contributed by atoms with Crippen molar-refractivity contribution in [3.05, 3.63) is 41.0 Å². The van der Waals surface area contributed by atoms with Crippen LogP contribution < -0.4 is 5.32 Å². The summed E-state index contributed by atoms with van der Waals surface area (Å²) in [5.41, 5.74) is 3.60. The third-order valence-corrected chi connectivity index (χ3v) is 6.44. The summed E-state index contributed by atoms with van der Waals surface area (Å²) < 4.78 is 2.38. The molecular weight excluding hydrogens is 372 g/mol.